The molecule has 11 rings (SSSR count). The van der Waals surface area contributed by atoms with Crippen LogP contribution in [-0.2, 0) is 12.8 Å². The molecule has 1 heterocycles. The highest BCUT2D eigenvalue weighted by molar-refractivity contribution is 6.18. The van der Waals surface area contributed by atoms with Crippen LogP contribution in [0.25, 0.3) is 66.3 Å². The van der Waals surface area contributed by atoms with Crippen molar-refractivity contribution >= 4 is 66.5 Å². The van der Waals surface area contributed by atoms with Crippen molar-refractivity contribution in [3.8, 4) is 11.1 Å². The third-order valence-electron chi connectivity index (χ3n) is 12.9. The van der Waals surface area contributed by atoms with Gasteiger partial charge in [0.1, 0.15) is 11.2 Å². The van der Waals surface area contributed by atoms with Crippen LogP contribution in [0, 0.1) is 0 Å². The van der Waals surface area contributed by atoms with Crippen molar-refractivity contribution in [1.82, 2.24) is 0 Å². The largest absolute Gasteiger partial charge is 0.456 e. The number of hydrogen-bond acceptors (Lipinski definition) is 2. The highest BCUT2D eigenvalue weighted by Gasteiger charge is 2.26. The fourth-order valence-electron chi connectivity index (χ4n) is 9.84. The summed E-state index contributed by atoms with van der Waals surface area (Å²) in [6.45, 7) is 4.00. The Hall–Kier alpha value is -7.68. The lowest BCUT2D eigenvalue weighted by atomic mass is 9.85. The van der Waals surface area contributed by atoms with Crippen molar-refractivity contribution in [3.05, 3.63) is 252 Å². The number of hydrogen-bond donors (Lipinski definition) is 0. The second kappa shape index (κ2) is 16.6. The molecule has 0 saturated carbocycles. The first-order valence-electron chi connectivity index (χ1n) is 22.2. The van der Waals surface area contributed by atoms with Gasteiger partial charge in [-0.2, -0.15) is 0 Å². The van der Waals surface area contributed by atoms with Gasteiger partial charge in [-0.3, -0.25) is 0 Å². The summed E-state index contributed by atoms with van der Waals surface area (Å²) < 4.78 is 6.23. The van der Waals surface area contributed by atoms with E-state index in [1.165, 1.54) is 66.0 Å². The van der Waals surface area contributed by atoms with E-state index in [9.17, 15) is 0 Å². The van der Waals surface area contributed by atoms with Gasteiger partial charge < -0.3 is 9.32 Å². The summed E-state index contributed by atoms with van der Waals surface area (Å²) in [5.41, 5.74) is 15.6. The molecule has 9 aromatic rings. The van der Waals surface area contributed by atoms with Crippen LogP contribution < -0.4 is 4.90 Å². The molecular formula is C61H47NO. The van der Waals surface area contributed by atoms with Gasteiger partial charge in [0.2, 0.25) is 0 Å². The summed E-state index contributed by atoms with van der Waals surface area (Å²) >= 11 is 0. The molecule has 0 aliphatic heterocycles. The Labute approximate surface area is 369 Å². The quantitative estimate of drug-likeness (QED) is 0.128. The molecule has 1 unspecified atom stereocenters. The van der Waals surface area contributed by atoms with E-state index in [0.29, 0.717) is 0 Å². The molecule has 0 N–H and O–H groups in total. The highest BCUT2D eigenvalue weighted by atomic mass is 16.3. The number of anilines is 2. The zero-order chi connectivity index (χ0) is 42.1. The van der Waals surface area contributed by atoms with Gasteiger partial charge in [0.15, 0.2) is 0 Å². The summed E-state index contributed by atoms with van der Waals surface area (Å²) in [4.78, 5) is 2.46. The minimum absolute atomic E-state index is 0.212. The Morgan fingerprint density at radius 2 is 1.44 bits per heavy atom. The first-order chi connectivity index (χ1) is 31.2. The van der Waals surface area contributed by atoms with Crippen LogP contribution in [-0.4, -0.2) is 0 Å². The number of furan rings is 1. The van der Waals surface area contributed by atoms with Crippen LogP contribution in [0.4, 0.5) is 11.4 Å². The first kappa shape index (κ1) is 38.3. The lowest BCUT2D eigenvalue weighted by Gasteiger charge is -2.34. The molecule has 0 saturated heterocycles. The molecule has 0 spiro atoms. The maximum Gasteiger partial charge on any atom is 0.136 e. The minimum atomic E-state index is 0.212. The van der Waals surface area contributed by atoms with Crippen LogP contribution >= 0.6 is 0 Å². The van der Waals surface area contributed by atoms with Crippen LogP contribution in [0.3, 0.4) is 0 Å². The standard InChI is InChI=1S/C61H47NO/c1-2-3-15-43(28-26-42-27-29-47-34-39-60-61(57(47)40-42)55-23-12-14-25-59(55)63-60)44-30-35-49(36-31-44)62(58-24-13-11-20-52(58)45-16-5-4-6-17-45)50-37-32-46(33-38-50)56-41-48-18-7-8-19-51(48)53-21-9-10-22-54(53)56/h2-9,11-19,21,23-25,27-41,52H,1,10,20,22,26H2/b15-3-,43-28+. The molecule has 2 heteroatoms. The van der Waals surface area contributed by atoms with Gasteiger partial charge in [-0.15, -0.1) is 0 Å². The molecule has 63 heavy (non-hydrogen) atoms. The van der Waals surface area contributed by atoms with Crippen molar-refractivity contribution in [1.29, 1.82) is 0 Å². The third kappa shape index (κ3) is 7.24. The van der Waals surface area contributed by atoms with Gasteiger partial charge in [-0.05, 0) is 140 Å². The minimum Gasteiger partial charge on any atom is -0.456 e. The molecule has 0 bridgehead atoms. The van der Waals surface area contributed by atoms with Gasteiger partial charge in [0, 0.05) is 33.8 Å². The molecule has 0 amide bonds. The van der Waals surface area contributed by atoms with Crippen LogP contribution in [0.15, 0.2) is 229 Å². The van der Waals surface area contributed by atoms with Crippen molar-refractivity contribution in [2.75, 3.05) is 4.90 Å². The van der Waals surface area contributed by atoms with Crippen molar-refractivity contribution < 1.29 is 4.42 Å². The smallest absolute Gasteiger partial charge is 0.136 e. The Bertz CT molecular complexity index is 3340. The Morgan fingerprint density at radius 3 is 2.29 bits per heavy atom. The Kier molecular flexibility index (Phi) is 10.1. The van der Waals surface area contributed by atoms with Gasteiger partial charge in [0.05, 0.1) is 0 Å². The van der Waals surface area contributed by atoms with Crippen molar-refractivity contribution in [2.45, 2.75) is 31.6 Å². The summed E-state index contributed by atoms with van der Waals surface area (Å²) in [5.74, 6) is 0.212. The summed E-state index contributed by atoms with van der Waals surface area (Å²) in [7, 11) is 0. The summed E-state index contributed by atoms with van der Waals surface area (Å²) in [5, 5.41) is 7.39. The number of rotatable bonds is 10. The molecule has 2 aliphatic rings. The van der Waals surface area contributed by atoms with Gasteiger partial charge >= 0.3 is 0 Å². The van der Waals surface area contributed by atoms with E-state index in [1.54, 1.807) is 0 Å². The average Bonchev–Trinajstić information content (AvgIpc) is 3.74. The molecule has 1 atom stereocenters. The zero-order valence-electron chi connectivity index (χ0n) is 35.3. The SMILES string of the molecule is C=C/C=C\C(=C/Cc1ccc2ccc3oc4ccccc4c3c2c1)c1ccc(N(C2=CC=CCC2c2ccccc2)c2ccc(-c3cc4ccccc4c4c3CCC=C4)cc2)cc1. The van der Waals surface area contributed by atoms with Crippen molar-refractivity contribution in [2.24, 2.45) is 0 Å². The maximum atomic E-state index is 6.23. The number of benzene rings is 8. The van der Waals surface area contributed by atoms with Gasteiger partial charge in [-0.25, -0.2) is 0 Å². The van der Waals surface area contributed by atoms with Gasteiger partial charge in [-0.1, -0.05) is 177 Å². The Balaban J connectivity index is 0.960. The van der Waals surface area contributed by atoms with Crippen LogP contribution in [0.5, 0.6) is 0 Å². The fourth-order valence-corrected chi connectivity index (χ4v) is 9.84. The fraction of sp³-hybridized carbons (Fsp3) is 0.0820. The van der Waals surface area contributed by atoms with Crippen LogP contribution in [0.2, 0.25) is 0 Å². The average molecular weight is 810 g/mol. The first-order valence-corrected chi connectivity index (χ1v) is 22.2. The molecule has 8 aromatic carbocycles. The Morgan fingerprint density at radius 1 is 0.683 bits per heavy atom. The molecular weight excluding hydrogens is 763 g/mol. The lowest BCUT2D eigenvalue weighted by Crippen LogP contribution is -2.23. The molecule has 2 aliphatic carbocycles. The zero-order valence-corrected chi connectivity index (χ0v) is 35.3. The molecule has 302 valence electrons. The second-order valence-electron chi connectivity index (χ2n) is 16.7. The van der Waals surface area contributed by atoms with E-state index < -0.39 is 0 Å². The molecule has 2 nitrogen and oxygen atoms in total. The monoisotopic (exact) mass is 809 g/mol. The summed E-state index contributed by atoms with van der Waals surface area (Å²) in [6, 6.07) is 59.9. The maximum absolute atomic E-state index is 6.23. The summed E-state index contributed by atoms with van der Waals surface area (Å²) in [6.07, 6.45) is 23.7. The predicted octanol–water partition coefficient (Wildman–Crippen LogP) is 16.7. The van der Waals surface area contributed by atoms with E-state index in [4.69, 9.17) is 4.42 Å². The number of nitrogens with zero attached hydrogens (tertiary/aromatic N) is 1. The molecule has 0 radical (unpaired) electrons. The topological polar surface area (TPSA) is 16.4 Å². The molecule has 0 fully saturated rings. The third-order valence-corrected chi connectivity index (χ3v) is 12.9. The predicted molar refractivity (Wildman–Crippen MR) is 269 cm³/mol. The highest BCUT2D eigenvalue weighted by Crippen LogP contribution is 2.43. The number of fused-ring (bicyclic) bond motifs is 8. The van der Waals surface area contributed by atoms with E-state index in [0.717, 1.165) is 64.7 Å². The van der Waals surface area contributed by atoms with E-state index >= 15 is 0 Å². The number of allylic oxidation sites excluding steroid dienone is 10. The van der Waals surface area contributed by atoms with Crippen LogP contribution in [0.1, 0.15) is 46.6 Å². The van der Waals surface area contributed by atoms with E-state index in [2.05, 4.69) is 206 Å². The second-order valence-corrected chi connectivity index (χ2v) is 16.7. The normalized spacial score (nSPS) is 15.1. The van der Waals surface area contributed by atoms with Crippen molar-refractivity contribution in [3.63, 3.8) is 0 Å². The molecule has 1 aromatic heterocycles. The van der Waals surface area contributed by atoms with Gasteiger partial charge in [0.25, 0.3) is 0 Å². The number of para-hydroxylation sites is 1. The van der Waals surface area contributed by atoms with E-state index in [-0.39, 0.29) is 5.92 Å². The lowest BCUT2D eigenvalue weighted by molar-refractivity contribution is 0.669. The van der Waals surface area contributed by atoms with E-state index in [1.807, 2.05) is 24.3 Å².